The Morgan fingerprint density at radius 3 is 2.41 bits per heavy atom. The Bertz CT molecular complexity index is 1900. The number of aromatic amines is 1. The van der Waals surface area contributed by atoms with Gasteiger partial charge < -0.3 is 15.4 Å². The zero-order chi connectivity index (χ0) is 28.6. The van der Waals surface area contributed by atoms with Crippen LogP contribution in [0, 0.1) is 0 Å². The lowest BCUT2D eigenvalue weighted by Crippen LogP contribution is -2.07. The normalized spacial score (nSPS) is 11.7. The van der Waals surface area contributed by atoms with Crippen LogP contribution < -0.4 is 5.32 Å². The number of nitrogens with one attached hydrogen (secondary N) is 2. The molecule has 8 heteroatoms. The van der Waals surface area contributed by atoms with E-state index in [-0.39, 0.29) is 11.2 Å². The van der Waals surface area contributed by atoms with Crippen molar-refractivity contribution in [2.24, 2.45) is 0 Å². The van der Waals surface area contributed by atoms with E-state index in [0.29, 0.717) is 29.4 Å². The van der Waals surface area contributed by atoms with Gasteiger partial charge in [-0.15, -0.1) is 0 Å². The SMILES string of the molecule is O=C(O)c1cc2cccc(NCc3cccc(-c4c(Cc5ccccc5)cnc5c(C(F)(F)F)cccc45)c3)c2[nH]1. The van der Waals surface area contributed by atoms with Gasteiger partial charge in [0.15, 0.2) is 0 Å². The summed E-state index contributed by atoms with van der Waals surface area (Å²) in [4.78, 5) is 18.7. The second-order valence-corrected chi connectivity index (χ2v) is 9.83. The predicted molar refractivity (Wildman–Crippen MR) is 154 cm³/mol. The molecule has 2 aromatic heterocycles. The Labute approximate surface area is 233 Å². The topological polar surface area (TPSA) is 78.0 Å². The summed E-state index contributed by atoms with van der Waals surface area (Å²) in [6.07, 6.45) is -2.47. The third kappa shape index (κ3) is 5.24. The van der Waals surface area contributed by atoms with Crippen molar-refractivity contribution in [3.8, 4) is 11.1 Å². The molecule has 0 unspecified atom stereocenters. The molecule has 0 spiro atoms. The highest BCUT2D eigenvalue weighted by Crippen LogP contribution is 2.39. The maximum atomic E-state index is 13.9. The molecule has 0 bridgehead atoms. The molecule has 0 saturated heterocycles. The number of carbonyl (C=O) groups is 1. The molecule has 0 aliphatic carbocycles. The quantitative estimate of drug-likeness (QED) is 0.187. The number of anilines is 1. The molecule has 0 atom stereocenters. The van der Waals surface area contributed by atoms with Gasteiger partial charge in [-0.05, 0) is 58.5 Å². The second kappa shape index (κ2) is 10.5. The van der Waals surface area contributed by atoms with E-state index in [9.17, 15) is 23.1 Å². The number of H-pyrrole nitrogens is 1. The molecule has 0 amide bonds. The van der Waals surface area contributed by atoms with Gasteiger partial charge in [-0.1, -0.05) is 72.8 Å². The van der Waals surface area contributed by atoms with Crippen molar-refractivity contribution in [3.05, 3.63) is 131 Å². The van der Waals surface area contributed by atoms with Gasteiger partial charge in [0.25, 0.3) is 0 Å². The maximum absolute atomic E-state index is 13.9. The standard InChI is InChI=1S/C33H24F3N3O2/c34-33(35,36)26-13-6-12-25-29(24(19-38-31(25)26)15-20-7-2-1-3-8-20)22-10-4-9-21(16-22)18-37-27-14-5-11-23-17-28(32(40)41)39-30(23)27/h1-14,16-17,19,37,39H,15,18H2,(H,40,41). The molecule has 6 aromatic rings. The highest BCUT2D eigenvalue weighted by Gasteiger charge is 2.33. The van der Waals surface area contributed by atoms with E-state index in [0.717, 1.165) is 39.4 Å². The Morgan fingerprint density at radius 1 is 0.878 bits per heavy atom. The molecular formula is C33H24F3N3O2. The third-order valence-corrected chi connectivity index (χ3v) is 7.10. The van der Waals surface area contributed by atoms with Crippen molar-refractivity contribution in [1.82, 2.24) is 9.97 Å². The summed E-state index contributed by atoms with van der Waals surface area (Å²) >= 11 is 0. The fourth-order valence-corrected chi connectivity index (χ4v) is 5.24. The maximum Gasteiger partial charge on any atom is 0.418 e. The number of aromatic nitrogens is 2. The number of pyridine rings is 1. The van der Waals surface area contributed by atoms with E-state index in [1.54, 1.807) is 18.3 Å². The number of benzene rings is 4. The van der Waals surface area contributed by atoms with Crippen LogP contribution in [0.1, 0.15) is 32.7 Å². The summed E-state index contributed by atoms with van der Waals surface area (Å²) in [6.45, 7) is 0.416. The summed E-state index contributed by atoms with van der Waals surface area (Å²) in [6, 6.07) is 28.8. The van der Waals surface area contributed by atoms with Crippen LogP contribution in [-0.4, -0.2) is 21.0 Å². The third-order valence-electron chi connectivity index (χ3n) is 7.10. The molecule has 2 heterocycles. The van der Waals surface area contributed by atoms with E-state index in [1.165, 1.54) is 6.07 Å². The fraction of sp³-hybridized carbons (Fsp3) is 0.0909. The van der Waals surface area contributed by atoms with E-state index >= 15 is 0 Å². The number of carboxylic acids is 1. The molecule has 204 valence electrons. The molecular weight excluding hydrogens is 527 g/mol. The van der Waals surface area contributed by atoms with Gasteiger partial charge in [-0.3, -0.25) is 4.98 Å². The Morgan fingerprint density at radius 2 is 1.63 bits per heavy atom. The van der Waals surface area contributed by atoms with Crippen molar-refractivity contribution in [1.29, 1.82) is 0 Å². The molecule has 0 aliphatic heterocycles. The minimum absolute atomic E-state index is 0.0806. The number of para-hydroxylation sites is 2. The van der Waals surface area contributed by atoms with Crippen molar-refractivity contribution in [2.45, 2.75) is 19.1 Å². The lowest BCUT2D eigenvalue weighted by atomic mass is 9.91. The number of rotatable bonds is 7. The average Bonchev–Trinajstić information content (AvgIpc) is 3.41. The molecule has 0 aliphatic rings. The molecule has 3 N–H and O–H groups in total. The van der Waals surface area contributed by atoms with Crippen LogP contribution in [0.2, 0.25) is 0 Å². The van der Waals surface area contributed by atoms with Crippen LogP contribution in [0.25, 0.3) is 32.9 Å². The van der Waals surface area contributed by atoms with Crippen molar-refractivity contribution < 1.29 is 23.1 Å². The van der Waals surface area contributed by atoms with Crippen molar-refractivity contribution >= 4 is 33.5 Å². The summed E-state index contributed by atoms with van der Waals surface area (Å²) < 4.78 is 41.7. The zero-order valence-corrected chi connectivity index (χ0v) is 21.7. The highest BCUT2D eigenvalue weighted by atomic mass is 19.4. The number of hydrogen-bond donors (Lipinski definition) is 3. The molecule has 0 saturated carbocycles. The van der Waals surface area contributed by atoms with Gasteiger partial charge in [-0.2, -0.15) is 13.2 Å². The molecule has 41 heavy (non-hydrogen) atoms. The molecule has 4 aromatic carbocycles. The fourth-order valence-electron chi connectivity index (χ4n) is 5.24. The highest BCUT2D eigenvalue weighted by molar-refractivity contribution is 5.99. The number of carboxylic acid groups (broad SMARTS) is 1. The first-order valence-corrected chi connectivity index (χ1v) is 13.0. The summed E-state index contributed by atoms with van der Waals surface area (Å²) in [5.74, 6) is -1.04. The van der Waals surface area contributed by atoms with Crippen LogP contribution in [0.5, 0.6) is 0 Å². The minimum Gasteiger partial charge on any atom is -0.477 e. The van der Waals surface area contributed by atoms with E-state index in [1.807, 2.05) is 72.8 Å². The minimum atomic E-state index is -4.53. The molecule has 0 fully saturated rings. The monoisotopic (exact) mass is 551 g/mol. The molecule has 6 rings (SSSR count). The van der Waals surface area contributed by atoms with Crippen molar-refractivity contribution in [2.75, 3.05) is 5.32 Å². The van der Waals surface area contributed by atoms with Crippen LogP contribution in [0.15, 0.2) is 103 Å². The average molecular weight is 552 g/mol. The zero-order valence-electron chi connectivity index (χ0n) is 21.7. The van der Waals surface area contributed by atoms with Crippen molar-refractivity contribution in [3.63, 3.8) is 0 Å². The van der Waals surface area contributed by atoms with E-state index in [2.05, 4.69) is 15.3 Å². The van der Waals surface area contributed by atoms with Crippen LogP contribution in [-0.2, 0) is 19.1 Å². The number of fused-ring (bicyclic) bond motifs is 2. The first-order chi connectivity index (χ1) is 19.8. The van der Waals surface area contributed by atoms with E-state index in [4.69, 9.17) is 0 Å². The number of nitrogens with zero attached hydrogens (tertiary/aromatic N) is 1. The van der Waals surface area contributed by atoms with Crippen LogP contribution in [0.3, 0.4) is 0 Å². The second-order valence-electron chi connectivity index (χ2n) is 9.83. The van der Waals surface area contributed by atoms with Crippen LogP contribution in [0.4, 0.5) is 18.9 Å². The van der Waals surface area contributed by atoms with Crippen LogP contribution >= 0.6 is 0 Å². The van der Waals surface area contributed by atoms with Gasteiger partial charge in [0.05, 0.1) is 22.3 Å². The Kier molecular flexibility index (Phi) is 6.67. The number of halogens is 3. The number of aromatic carboxylic acids is 1. The first-order valence-electron chi connectivity index (χ1n) is 13.0. The lowest BCUT2D eigenvalue weighted by Gasteiger charge is -2.17. The van der Waals surface area contributed by atoms with Gasteiger partial charge >= 0.3 is 12.1 Å². The van der Waals surface area contributed by atoms with Gasteiger partial charge in [0.1, 0.15) is 5.69 Å². The van der Waals surface area contributed by atoms with Gasteiger partial charge in [0.2, 0.25) is 0 Å². The predicted octanol–water partition coefficient (Wildman–Crippen LogP) is 8.30. The van der Waals surface area contributed by atoms with Gasteiger partial charge in [0, 0.05) is 23.5 Å². The molecule has 0 radical (unpaired) electrons. The lowest BCUT2D eigenvalue weighted by molar-refractivity contribution is -0.136. The van der Waals surface area contributed by atoms with Gasteiger partial charge in [-0.25, -0.2) is 4.79 Å². The number of hydrogen-bond acceptors (Lipinski definition) is 3. The molecule has 5 nitrogen and oxygen atoms in total. The first kappa shape index (κ1) is 26.1. The Balaban J connectivity index is 1.41. The number of alkyl halides is 3. The summed E-state index contributed by atoms with van der Waals surface area (Å²) in [5.41, 5.74) is 4.95. The summed E-state index contributed by atoms with van der Waals surface area (Å²) in [7, 11) is 0. The Hall–Kier alpha value is -5.11. The smallest absolute Gasteiger partial charge is 0.418 e. The van der Waals surface area contributed by atoms with E-state index < -0.39 is 17.7 Å². The summed E-state index contributed by atoms with van der Waals surface area (Å²) in [5, 5.41) is 13.9. The largest absolute Gasteiger partial charge is 0.477 e.